The second-order valence-corrected chi connectivity index (χ2v) is 6.43. The molecule has 0 fully saturated rings. The number of hydrogen-bond acceptors (Lipinski definition) is 4. The van der Waals surface area contributed by atoms with E-state index in [0.717, 1.165) is 31.0 Å². The van der Waals surface area contributed by atoms with Crippen LogP contribution in [0, 0.1) is 0 Å². The van der Waals surface area contributed by atoms with Gasteiger partial charge in [-0.2, -0.15) is 0 Å². The molecule has 4 rings (SSSR count). The Bertz CT molecular complexity index is 619. The van der Waals surface area contributed by atoms with Gasteiger partial charge in [-0.05, 0) is 37.5 Å². The van der Waals surface area contributed by atoms with Crippen LogP contribution in [0.5, 0.6) is 11.5 Å². The van der Waals surface area contributed by atoms with E-state index in [2.05, 4.69) is 40.0 Å². The average Bonchev–Trinajstić information content (AvgIpc) is 2.82. The molecule has 1 aromatic carbocycles. The van der Waals surface area contributed by atoms with Crippen LogP contribution < -0.4 is 9.47 Å². The summed E-state index contributed by atoms with van der Waals surface area (Å²) in [6.45, 7) is 1.96. The van der Waals surface area contributed by atoms with Crippen LogP contribution in [-0.2, 0) is 12.0 Å². The maximum absolute atomic E-state index is 9.97. The first-order chi connectivity index (χ1) is 11.1. The molecule has 3 atom stereocenters. The molecule has 1 spiro atoms. The van der Waals surface area contributed by atoms with Gasteiger partial charge in [0, 0.05) is 18.5 Å². The summed E-state index contributed by atoms with van der Waals surface area (Å²) in [5.41, 5.74) is 2.48. The second kappa shape index (κ2) is 6.46. The van der Waals surface area contributed by atoms with Crippen molar-refractivity contribution in [3.8, 4) is 11.5 Å². The van der Waals surface area contributed by atoms with Gasteiger partial charge in [0.15, 0.2) is 11.5 Å². The largest absolute Gasteiger partial charge is 0.493 e. The lowest BCUT2D eigenvalue weighted by atomic mass is 9.69. The normalized spacial score (nSPS) is 31.2. The van der Waals surface area contributed by atoms with Gasteiger partial charge in [0.1, 0.15) is 6.10 Å². The highest BCUT2D eigenvalue weighted by atomic mass is 79.9. The van der Waals surface area contributed by atoms with Crippen molar-refractivity contribution < 1.29 is 14.6 Å². The molecule has 1 aromatic rings. The van der Waals surface area contributed by atoms with Crippen molar-refractivity contribution in [1.29, 1.82) is 0 Å². The molecule has 23 heavy (non-hydrogen) atoms. The van der Waals surface area contributed by atoms with Gasteiger partial charge in [-0.25, -0.2) is 0 Å². The minimum Gasteiger partial charge on any atom is -0.493 e. The molecule has 2 heterocycles. The van der Waals surface area contributed by atoms with E-state index in [1.165, 1.54) is 11.1 Å². The van der Waals surface area contributed by atoms with E-state index >= 15 is 0 Å². The monoisotopic (exact) mass is 381 g/mol. The summed E-state index contributed by atoms with van der Waals surface area (Å²) < 4.78 is 11.8. The van der Waals surface area contributed by atoms with E-state index in [0.29, 0.717) is 6.42 Å². The van der Waals surface area contributed by atoms with Crippen LogP contribution in [0.25, 0.3) is 0 Å². The Hall–Kier alpha value is -1.04. The maximum Gasteiger partial charge on any atom is 0.166 e. The van der Waals surface area contributed by atoms with E-state index in [-0.39, 0.29) is 11.5 Å². The van der Waals surface area contributed by atoms with Gasteiger partial charge >= 0.3 is 0 Å². The van der Waals surface area contributed by atoms with E-state index in [9.17, 15) is 5.11 Å². The molecule has 1 aliphatic carbocycles. The third kappa shape index (κ3) is 2.59. The molecule has 1 N–H and O–H groups in total. The number of nitrogens with zero attached hydrogens (tertiary/aromatic N) is 1. The van der Waals surface area contributed by atoms with E-state index in [4.69, 9.17) is 9.47 Å². The van der Waals surface area contributed by atoms with E-state index < -0.39 is 6.10 Å². The molecule has 0 radical (unpaired) electrons. The number of rotatable bonds is 1. The van der Waals surface area contributed by atoms with E-state index in [1.54, 1.807) is 7.11 Å². The zero-order chi connectivity index (χ0) is 16.6. The third-order valence-electron chi connectivity index (χ3n) is 5.15. The fraction of sp³-hybridized carbons (Fsp3) is 0.556. The smallest absolute Gasteiger partial charge is 0.166 e. The molecule has 0 bridgehead atoms. The number of halogens is 1. The molecule has 0 amide bonds. The Morgan fingerprint density at radius 1 is 1.39 bits per heavy atom. The summed E-state index contributed by atoms with van der Waals surface area (Å²) in [5.74, 6) is 3.50. The summed E-state index contributed by atoms with van der Waals surface area (Å²) in [7, 11) is 3.84. The molecule has 0 unspecified atom stereocenters. The zero-order valence-electron chi connectivity index (χ0n) is 13.9. The molecular formula is C18H24BrNO3. The van der Waals surface area contributed by atoms with Crippen molar-refractivity contribution in [1.82, 2.24) is 4.90 Å². The Kier molecular flexibility index (Phi) is 4.72. The summed E-state index contributed by atoms with van der Waals surface area (Å²) in [6, 6.07) is 4.16. The summed E-state index contributed by atoms with van der Waals surface area (Å²) in [6.07, 6.45) is 5.38. The summed E-state index contributed by atoms with van der Waals surface area (Å²) in [4.78, 5) is 2.35. The summed E-state index contributed by atoms with van der Waals surface area (Å²) in [5, 5.41) is 9.97. The van der Waals surface area contributed by atoms with E-state index in [1.807, 2.05) is 18.0 Å². The third-order valence-corrected chi connectivity index (χ3v) is 5.15. The van der Waals surface area contributed by atoms with Crippen molar-refractivity contribution in [2.45, 2.75) is 37.0 Å². The fourth-order valence-electron chi connectivity index (χ4n) is 4.08. The standard InChI is InChI=1S/C17H21NO3.CH3Br/c1-18-8-7-17-6-5-12(19)9-14(17)21-16-13(20-2)4-3-11(10-18)15(16)17;1-2/h3-6,12,14,19H,7-10H2,1-2H3;1H3/t12-,14-,17-;/m0./s1. The number of alkyl halides is 1. The Balaban J connectivity index is 0.000000753. The first kappa shape index (κ1) is 16.8. The van der Waals surface area contributed by atoms with Crippen LogP contribution in [0.2, 0.25) is 0 Å². The topological polar surface area (TPSA) is 41.9 Å². The zero-order valence-corrected chi connectivity index (χ0v) is 15.5. The quantitative estimate of drug-likeness (QED) is 0.599. The lowest BCUT2D eigenvalue weighted by Crippen LogP contribution is -2.42. The van der Waals surface area contributed by atoms with Crippen molar-refractivity contribution in [2.75, 3.05) is 26.5 Å². The van der Waals surface area contributed by atoms with Crippen LogP contribution in [0.4, 0.5) is 0 Å². The maximum atomic E-state index is 9.97. The molecule has 2 aliphatic heterocycles. The molecule has 0 aromatic heterocycles. The van der Waals surface area contributed by atoms with Gasteiger partial charge in [-0.15, -0.1) is 0 Å². The lowest BCUT2D eigenvalue weighted by molar-refractivity contribution is 0.0821. The van der Waals surface area contributed by atoms with Gasteiger partial charge in [0.05, 0.1) is 18.6 Å². The second-order valence-electron chi connectivity index (χ2n) is 6.43. The highest BCUT2D eigenvalue weighted by Crippen LogP contribution is 2.55. The lowest BCUT2D eigenvalue weighted by Gasteiger charge is -2.35. The number of aliphatic hydroxyl groups is 1. The molecule has 126 valence electrons. The predicted molar refractivity (Wildman–Crippen MR) is 94.7 cm³/mol. The Morgan fingerprint density at radius 3 is 2.91 bits per heavy atom. The fourth-order valence-corrected chi connectivity index (χ4v) is 4.08. The average molecular weight is 382 g/mol. The molecule has 0 saturated carbocycles. The Labute approximate surface area is 146 Å². The summed E-state index contributed by atoms with van der Waals surface area (Å²) >= 11 is 2.94. The predicted octanol–water partition coefficient (Wildman–Crippen LogP) is 2.86. The van der Waals surface area contributed by atoms with Crippen molar-refractivity contribution in [3.63, 3.8) is 0 Å². The van der Waals surface area contributed by atoms with Gasteiger partial charge in [0.2, 0.25) is 0 Å². The number of ether oxygens (including phenoxy) is 2. The first-order valence-electron chi connectivity index (χ1n) is 7.95. The molecule has 3 aliphatic rings. The first-order valence-corrected chi connectivity index (χ1v) is 9.53. The van der Waals surface area contributed by atoms with Crippen LogP contribution in [0.1, 0.15) is 24.0 Å². The number of aliphatic hydroxyl groups excluding tert-OH is 1. The SMILES string of the molecule is CBr.COc1ccc2c3c1O[C@H]1C[C@@H](O)C=C[C@@]31CCN(C)C2. The van der Waals surface area contributed by atoms with Crippen LogP contribution in [-0.4, -0.2) is 48.7 Å². The number of benzene rings is 1. The minimum atomic E-state index is -0.412. The van der Waals surface area contributed by atoms with Crippen LogP contribution in [0.3, 0.4) is 0 Å². The highest BCUT2D eigenvalue weighted by Gasteiger charge is 2.52. The van der Waals surface area contributed by atoms with Gasteiger partial charge in [-0.3, -0.25) is 0 Å². The number of methoxy groups -OCH3 is 1. The highest BCUT2D eigenvalue weighted by molar-refractivity contribution is 9.08. The molecule has 5 heteroatoms. The van der Waals surface area contributed by atoms with Gasteiger partial charge in [-0.1, -0.05) is 34.1 Å². The van der Waals surface area contributed by atoms with Gasteiger partial charge < -0.3 is 19.5 Å². The van der Waals surface area contributed by atoms with Crippen molar-refractivity contribution in [2.24, 2.45) is 0 Å². The Morgan fingerprint density at radius 2 is 2.17 bits per heavy atom. The van der Waals surface area contributed by atoms with Gasteiger partial charge in [0.25, 0.3) is 0 Å². The van der Waals surface area contributed by atoms with Crippen LogP contribution >= 0.6 is 15.9 Å². The van der Waals surface area contributed by atoms with Crippen molar-refractivity contribution in [3.05, 3.63) is 35.4 Å². The van der Waals surface area contributed by atoms with Crippen LogP contribution in [0.15, 0.2) is 24.3 Å². The number of hydrogen-bond donors (Lipinski definition) is 1. The molecule has 4 nitrogen and oxygen atoms in total. The minimum absolute atomic E-state index is 0.00838. The molecule has 0 saturated heterocycles. The van der Waals surface area contributed by atoms with Crippen molar-refractivity contribution >= 4 is 15.9 Å². The molecular weight excluding hydrogens is 358 g/mol.